The van der Waals surface area contributed by atoms with Crippen molar-refractivity contribution in [1.82, 2.24) is 0 Å². The Kier molecular flexibility index (Phi) is 3.84. The van der Waals surface area contributed by atoms with Crippen molar-refractivity contribution < 1.29 is 9.53 Å². The standard InChI is InChI=1S/C20H20O2/c1-4-22-20(21)16-8-6-15(7-9-16)19-12-17-11-13(2)5-10-18(17)14(19)3/h5-11H,4,12H2,1-3H3. The zero-order valence-electron chi connectivity index (χ0n) is 13.3. The zero-order chi connectivity index (χ0) is 15.7. The van der Waals surface area contributed by atoms with Crippen molar-refractivity contribution in [2.24, 2.45) is 0 Å². The topological polar surface area (TPSA) is 26.3 Å². The van der Waals surface area contributed by atoms with Crippen molar-refractivity contribution in [2.75, 3.05) is 6.61 Å². The summed E-state index contributed by atoms with van der Waals surface area (Å²) in [6, 6.07) is 14.4. The van der Waals surface area contributed by atoms with Crippen LogP contribution >= 0.6 is 0 Å². The lowest BCUT2D eigenvalue weighted by atomic mass is 10.00. The first kappa shape index (κ1) is 14.6. The number of carbonyl (C=O) groups excluding carboxylic acids is 1. The van der Waals surface area contributed by atoms with E-state index in [-0.39, 0.29) is 5.97 Å². The van der Waals surface area contributed by atoms with Crippen molar-refractivity contribution >= 4 is 17.1 Å². The third-order valence-electron chi connectivity index (χ3n) is 4.23. The summed E-state index contributed by atoms with van der Waals surface area (Å²) in [5.74, 6) is -0.259. The molecule has 112 valence electrons. The summed E-state index contributed by atoms with van der Waals surface area (Å²) in [6.07, 6.45) is 0.960. The molecule has 1 aliphatic carbocycles. The van der Waals surface area contributed by atoms with Gasteiger partial charge in [0.05, 0.1) is 12.2 Å². The number of hydrogen-bond acceptors (Lipinski definition) is 2. The molecule has 0 saturated heterocycles. The van der Waals surface area contributed by atoms with Gasteiger partial charge in [0, 0.05) is 0 Å². The predicted octanol–water partition coefficient (Wildman–Crippen LogP) is 4.66. The summed E-state index contributed by atoms with van der Waals surface area (Å²) in [7, 11) is 0. The van der Waals surface area contributed by atoms with Gasteiger partial charge in [-0.2, -0.15) is 0 Å². The van der Waals surface area contributed by atoms with Gasteiger partial charge in [0.1, 0.15) is 0 Å². The van der Waals surface area contributed by atoms with E-state index >= 15 is 0 Å². The van der Waals surface area contributed by atoms with Gasteiger partial charge in [-0.1, -0.05) is 35.9 Å². The van der Waals surface area contributed by atoms with Crippen LogP contribution in [0.3, 0.4) is 0 Å². The first-order chi connectivity index (χ1) is 10.6. The van der Waals surface area contributed by atoms with Crippen LogP contribution < -0.4 is 0 Å². The van der Waals surface area contributed by atoms with Crippen LogP contribution in [0.25, 0.3) is 11.1 Å². The zero-order valence-corrected chi connectivity index (χ0v) is 13.3. The van der Waals surface area contributed by atoms with Gasteiger partial charge in [-0.3, -0.25) is 0 Å². The first-order valence-electron chi connectivity index (χ1n) is 7.67. The molecule has 3 rings (SSSR count). The minimum Gasteiger partial charge on any atom is -0.462 e. The minimum atomic E-state index is -0.259. The predicted molar refractivity (Wildman–Crippen MR) is 89.8 cm³/mol. The van der Waals surface area contributed by atoms with E-state index in [1.807, 2.05) is 31.2 Å². The smallest absolute Gasteiger partial charge is 0.338 e. The Bertz CT molecular complexity index is 752. The third kappa shape index (κ3) is 2.57. The molecule has 2 nitrogen and oxygen atoms in total. The summed E-state index contributed by atoms with van der Waals surface area (Å²) in [5, 5.41) is 0. The second-order valence-electron chi connectivity index (χ2n) is 5.74. The van der Waals surface area contributed by atoms with Crippen molar-refractivity contribution in [1.29, 1.82) is 0 Å². The van der Waals surface area contributed by atoms with Crippen LogP contribution in [0, 0.1) is 6.92 Å². The number of esters is 1. The molecule has 0 N–H and O–H groups in total. The number of fused-ring (bicyclic) bond motifs is 1. The molecular weight excluding hydrogens is 272 g/mol. The van der Waals surface area contributed by atoms with Gasteiger partial charge < -0.3 is 4.74 Å². The highest BCUT2D eigenvalue weighted by Crippen LogP contribution is 2.38. The molecule has 0 fully saturated rings. The third-order valence-corrected chi connectivity index (χ3v) is 4.23. The van der Waals surface area contributed by atoms with E-state index in [2.05, 4.69) is 32.0 Å². The SMILES string of the molecule is CCOC(=O)c1ccc(C2=C(C)c3ccc(C)cc3C2)cc1. The van der Waals surface area contributed by atoms with E-state index < -0.39 is 0 Å². The lowest BCUT2D eigenvalue weighted by molar-refractivity contribution is 0.0526. The second-order valence-corrected chi connectivity index (χ2v) is 5.74. The maximum Gasteiger partial charge on any atom is 0.338 e. The number of aryl methyl sites for hydroxylation is 1. The van der Waals surface area contributed by atoms with E-state index in [0.29, 0.717) is 12.2 Å². The molecule has 0 amide bonds. The first-order valence-corrected chi connectivity index (χ1v) is 7.67. The normalized spacial score (nSPS) is 13.2. The minimum absolute atomic E-state index is 0.259. The molecule has 1 aliphatic rings. The molecule has 0 bridgehead atoms. The Balaban J connectivity index is 1.90. The summed E-state index contributed by atoms with van der Waals surface area (Å²) >= 11 is 0. The Morgan fingerprint density at radius 2 is 1.82 bits per heavy atom. The average Bonchev–Trinajstić information content (AvgIpc) is 2.84. The van der Waals surface area contributed by atoms with E-state index in [1.54, 1.807) is 0 Å². The van der Waals surface area contributed by atoms with E-state index in [1.165, 1.54) is 33.4 Å². The summed E-state index contributed by atoms with van der Waals surface area (Å²) in [5.41, 5.74) is 8.49. The van der Waals surface area contributed by atoms with Gasteiger partial charge in [-0.15, -0.1) is 0 Å². The second kappa shape index (κ2) is 5.80. The van der Waals surface area contributed by atoms with Crippen molar-refractivity contribution in [3.63, 3.8) is 0 Å². The highest BCUT2D eigenvalue weighted by Gasteiger charge is 2.19. The fourth-order valence-electron chi connectivity index (χ4n) is 3.06. The molecule has 2 aromatic rings. The van der Waals surface area contributed by atoms with Gasteiger partial charge in [-0.25, -0.2) is 4.79 Å². The Morgan fingerprint density at radius 1 is 1.09 bits per heavy atom. The molecule has 22 heavy (non-hydrogen) atoms. The van der Waals surface area contributed by atoms with Crippen molar-refractivity contribution in [2.45, 2.75) is 27.2 Å². The Morgan fingerprint density at radius 3 is 2.50 bits per heavy atom. The molecular formula is C20H20O2. The quantitative estimate of drug-likeness (QED) is 0.769. The molecule has 2 aromatic carbocycles. The summed E-state index contributed by atoms with van der Waals surface area (Å²) in [4.78, 5) is 11.7. The Hall–Kier alpha value is -2.35. The van der Waals surface area contributed by atoms with Crippen LogP contribution in [0.4, 0.5) is 0 Å². The van der Waals surface area contributed by atoms with Crippen LogP contribution in [-0.4, -0.2) is 12.6 Å². The van der Waals surface area contributed by atoms with Crippen LogP contribution in [0.5, 0.6) is 0 Å². The van der Waals surface area contributed by atoms with Gasteiger partial charge in [0.15, 0.2) is 0 Å². The van der Waals surface area contributed by atoms with Gasteiger partial charge in [0.2, 0.25) is 0 Å². The van der Waals surface area contributed by atoms with Crippen LogP contribution in [0.1, 0.15) is 46.5 Å². The lowest BCUT2D eigenvalue weighted by Crippen LogP contribution is -2.04. The highest BCUT2D eigenvalue weighted by molar-refractivity contribution is 5.97. The van der Waals surface area contributed by atoms with Crippen LogP contribution in [0.2, 0.25) is 0 Å². The number of rotatable bonds is 3. The van der Waals surface area contributed by atoms with Crippen LogP contribution in [-0.2, 0) is 11.2 Å². The molecule has 0 aliphatic heterocycles. The molecule has 0 unspecified atom stereocenters. The van der Waals surface area contributed by atoms with Crippen LogP contribution in [0.15, 0.2) is 42.5 Å². The fraction of sp³-hybridized carbons (Fsp3) is 0.250. The fourth-order valence-corrected chi connectivity index (χ4v) is 3.06. The summed E-state index contributed by atoms with van der Waals surface area (Å²) < 4.78 is 5.03. The number of carbonyl (C=O) groups is 1. The molecule has 0 spiro atoms. The number of hydrogen-bond donors (Lipinski definition) is 0. The van der Waals surface area contributed by atoms with Crippen molar-refractivity contribution in [3.05, 3.63) is 70.3 Å². The largest absolute Gasteiger partial charge is 0.462 e. The number of ether oxygens (including phenoxy) is 1. The number of allylic oxidation sites excluding steroid dienone is 2. The molecule has 2 heteroatoms. The number of benzene rings is 2. The molecule has 0 saturated carbocycles. The monoisotopic (exact) mass is 292 g/mol. The van der Waals surface area contributed by atoms with Gasteiger partial charge >= 0.3 is 5.97 Å². The van der Waals surface area contributed by atoms with E-state index in [9.17, 15) is 4.79 Å². The summed E-state index contributed by atoms with van der Waals surface area (Å²) in [6.45, 7) is 6.52. The van der Waals surface area contributed by atoms with E-state index in [4.69, 9.17) is 4.74 Å². The maximum atomic E-state index is 11.7. The highest BCUT2D eigenvalue weighted by atomic mass is 16.5. The maximum absolute atomic E-state index is 11.7. The van der Waals surface area contributed by atoms with Gasteiger partial charge in [-0.05, 0) is 67.2 Å². The molecule has 0 radical (unpaired) electrons. The average molecular weight is 292 g/mol. The van der Waals surface area contributed by atoms with Crippen molar-refractivity contribution in [3.8, 4) is 0 Å². The van der Waals surface area contributed by atoms with Gasteiger partial charge in [0.25, 0.3) is 0 Å². The van der Waals surface area contributed by atoms with E-state index in [0.717, 1.165) is 6.42 Å². The Labute approximate surface area is 131 Å². The molecule has 0 heterocycles. The molecule has 0 aromatic heterocycles. The lowest BCUT2D eigenvalue weighted by Gasteiger charge is -2.06. The molecule has 0 atom stereocenters.